The van der Waals surface area contributed by atoms with Crippen molar-refractivity contribution in [3.8, 4) is 0 Å². The monoisotopic (exact) mass is 320 g/mol. The predicted molar refractivity (Wildman–Crippen MR) is 85.6 cm³/mol. The molecule has 5 nitrogen and oxygen atoms in total. The largest absolute Gasteiger partial charge is 0.383 e. The summed E-state index contributed by atoms with van der Waals surface area (Å²) < 4.78 is 0.929. The zero-order valence-electron chi connectivity index (χ0n) is 12.7. The van der Waals surface area contributed by atoms with Crippen LogP contribution in [0.3, 0.4) is 0 Å². The molecular formula is C16H20N2O3S. The summed E-state index contributed by atoms with van der Waals surface area (Å²) in [6.45, 7) is 5.41. The van der Waals surface area contributed by atoms with Crippen LogP contribution in [0.5, 0.6) is 0 Å². The van der Waals surface area contributed by atoms with Gasteiger partial charge >= 0.3 is 0 Å². The van der Waals surface area contributed by atoms with Crippen LogP contribution in [0.4, 0.5) is 0 Å². The van der Waals surface area contributed by atoms with Crippen molar-refractivity contribution in [1.29, 1.82) is 0 Å². The van der Waals surface area contributed by atoms with Crippen molar-refractivity contribution < 1.29 is 15.0 Å². The first-order valence-electron chi connectivity index (χ1n) is 7.38. The zero-order valence-corrected chi connectivity index (χ0v) is 13.5. The number of rotatable bonds is 3. The van der Waals surface area contributed by atoms with E-state index in [0.29, 0.717) is 18.1 Å². The third kappa shape index (κ3) is 2.86. The molecule has 2 N–H and O–H groups in total. The fraction of sp³-hybridized carbons (Fsp3) is 0.500. The van der Waals surface area contributed by atoms with Crippen molar-refractivity contribution in [2.24, 2.45) is 5.41 Å². The number of benzene rings is 1. The van der Waals surface area contributed by atoms with Crippen LogP contribution in [0.2, 0.25) is 0 Å². The lowest BCUT2D eigenvalue weighted by molar-refractivity contribution is -0.145. The SMILES string of the molecule is CC1(C)CCN(C(=O)[C@H](O)[C@H](O)c2nc3ccccc3s2)C1. The summed E-state index contributed by atoms with van der Waals surface area (Å²) in [5.74, 6) is -0.419. The van der Waals surface area contributed by atoms with E-state index in [0.717, 1.165) is 16.6 Å². The first-order valence-corrected chi connectivity index (χ1v) is 8.19. The molecule has 1 amide bonds. The molecule has 1 aromatic heterocycles. The Labute approximate surface area is 133 Å². The quantitative estimate of drug-likeness (QED) is 0.906. The van der Waals surface area contributed by atoms with Gasteiger partial charge in [-0.3, -0.25) is 4.79 Å². The van der Waals surface area contributed by atoms with Gasteiger partial charge < -0.3 is 15.1 Å². The van der Waals surface area contributed by atoms with Crippen LogP contribution in [0.25, 0.3) is 10.2 Å². The molecule has 0 spiro atoms. The molecule has 3 rings (SSSR count). The Kier molecular flexibility index (Phi) is 3.92. The van der Waals surface area contributed by atoms with Gasteiger partial charge in [0, 0.05) is 13.1 Å². The Balaban J connectivity index is 1.76. The molecule has 2 aromatic rings. The van der Waals surface area contributed by atoms with Gasteiger partial charge in [0.05, 0.1) is 10.2 Å². The minimum Gasteiger partial charge on any atom is -0.383 e. The first kappa shape index (κ1) is 15.4. The van der Waals surface area contributed by atoms with Gasteiger partial charge in [0.2, 0.25) is 0 Å². The summed E-state index contributed by atoms with van der Waals surface area (Å²) in [5.41, 5.74) is 0.833. The number of amides is 1. The van der Waals surface area contributed by atoms with Crippen LogP contribution in [0.1, 0.15) is 31.4 Å². The Morgan fingerprint density at radius 3 is 2.73 bits per heavy atom. The van der Waals surface area contributed by atoms with Crippen LogP contribution >= 0.6 is 11.3 Å². The summed E-state index contributed by atoms with van der Waals surface area (Å²) in [6.07, 6.45) is -1.84. The number of nitrogens with zero attached hydrogens (tertiary/aromatic N) is 2. The lowest BCUT2D eigenvalue weighted by Crippen LogP contribution is -2.41. The first-order chi connectivity index (χ1) is 10.4. The van der Waals surface area contributed by atoms with Crippen molar-refractivity contribution in [3.63, 3.8) is 0 Å². The summed E-state index contributed by atoms with van der Waals surface area (Å²) in [7, 11) is 0. The van der Waals surface area contributed by atoms with Gasteiger partial charge in [-0.25, -0.2) is 4.98 Å². The van der Waals surface area contributed by atoms with Crippen molar-refractivity contribution in [3.05, 3.63) is 29.3 Å². The smallest absolute Gasteiger partial charge is 0.254 e. The van der Waals surface area contributed by atoms with E-state index in [1.54, 1.807) is 4.90 Å². The second-order valence-electron chi connectivity index (χ2n) is 6.58. The Morgan fingerprint density at radius 2 is 2.09 bits per heavy atom. The molecule has 1 saturated heterocycles. The van der Waals surface area contributed by atoms with Gasteiger partial charge in [-0.1, -0.05) is 26.0 Å². The van der Waals surface area contributed by atoms with Crippen molar-refractivity contribution in [2.45, 2.75) is 32.5 Å². The number of hydrogen-bond donors (Lipinski definition) is 2. The number of aliphatic hydroxyl groups excluding tert-OH is 2. The third-order valence-electron chi connectivity index (χ3n) is 4.10. The highest BCUT2D eigenvalue weighted by Crippen LogP contribution is 2.32. The molecule has 0 radical (unpaired) electrons. The van der Waals surface area contributed by atoms with E-state index in [4.69, 9.17) is 0 Å². The Morgan fingerprint density at radius 1 is 1.36 bits per heavy atom. The summed E-state index contributed by atoms with van der Waals surface area (Å²) in [4.78, 5) is 18.3. The highest BCUT2D eigenvalue weighted by molar-refractivity contribution is 7.18. The van der Waals surface area contributed by atoms with Crippen molar-refractivity contribution >= 4 is 27.5 Å². The summed E-state index contributed by atoms with van der Waals surface area (Å²) in [6, 6.07) is 7.51. The average molecular weight is 320 g/mol. The Bertz CT molecular complexity index is 665. The van der Waals surface area contributed by atoms with Crippen LogP contribution in [0.15, 0.2) is 24.3 Å². The van der Waals surface area contributed by atoms with E-state index in [1.165, 1.54) is 11.3 Å². The lowest BCUT2D eigenvalue weighted by atomic mass is 9.93. The number of fused-ring (bicyclic) bond motifs is 1. The van der Waals surface area contributed by atoms with Gasteiger partial charge in [0.25, 0.3) is 5.91 Å². The van der Waals surface area contributed by atoms with Gasteiger partial charge in [-0.05, 0) is 24.0 Å². The fourth-order valence-electron chi connectivity index (χ4n) is 2.77. The lowest BCUT2D eigenvalue weighted by Gasteiger charge is -2.24. The molecule has 2 atom stereocenters. The number of aliphatic hydroxyl groups is 2. The minimum absolute atomic E-state index is 0.0657. The average Bonchev–Trinajstić information content (AvgIpc) is 3.07. The molecule has 6 heteroatoms. The number of carbonyl (C=O) groups excluding carboxylic acids is 1. The molecule has 0 bridgehead atoms. The normalized spacial score (nSPS) is 20.3. The molecule has 1 aliphatic heterocycles. The number of para-hydroxylation sites is 1. The third-order valence-corrected chi connectivity index (χ3v) is 5.21. The topological polar surface area (TPSA) is 73.7 Å². The van der Waals surface area contributed by atoms with Crippen LogP contribution < -0.4 is 0 Å². The van der Waals surface area contributed by atoms with E-state index < -0.39 is 18.1 Å². The van der Waals surface area contributed by atoms with Crippen molar-refractivity contribution in [2.75, 3.05) is 13.1 Å². The van der Waals surface area contributed by atoms with E-state index in [2.05, 4.69) is 18.8 Å². The molecule has 0 aliphatic carbocycles. The van der Waals surface area contributed by atoms with E-state index in [9.17, 15) is 15.0 Å². The van der Waals surface area contributed by atoms with Gasteiger partial charge in [0.1, 0.15) is 11.1 Å². The summed E-state index contributed by atoms with van der Waals surface area (Å²) >= 11 is 1.30. The predicted octanol–water partition coefficient (Wildman–Crippen LogP) is 1.95. The molecule has 22 heavy (non-hydrogen) atoms. The maximum atomic E-state index is 12.4. The highest BCUT2D eigenvalue weighted by atomic mass is 32.1. The van der Waals surface area contributed by atoms with Crippen LogP contribution in [-0.4, -0.2) is 45.2 Å². The number of aromatic nitrogens is 1. The fourth-order valence-corrected chi connectivity index (χ4v) is 3.76. The minimum atomic E-state index is -1.46. The number of hydrogen-bond acceptors (Lipinski definition) is 5. The standard InChI is InChI=1S/C16H20N2O3S/c1-16(2)7-8-18(9-16)15(21)13(20)12(19)14-17-10-5-3-4-6-11(10)22-14/h3-6,12-13,19-20H,7-9H2,1-2H3/t12-,13+/m0/s1. The molecule has 118 valence electrons. The van der Waals surface area contributed by atoms with E-state index in [1.807, 2.05) is 24.3 Å². The van der Waals surface area contributed by atoms with Crippen molar-refractivity contribution in [1.82, 2.24) is 9.88 Å². The van der Waals surface area contributed by atoms with Gasteiger partial charge in [-0.15, -0.1) is 11.3 Å². The number of likely N-dealkylation sites (tertiary alicyclic amines) is 1. The maximum Gasteiger partial charge on any atom is 0.254 e. The Hall–Kier alpha value is -1.50. The second kappa shape index (κ2) is 5.61. The van der Waals surface area contributed by atoms with Crippen LogP contribution in [-0.2, 0) is 4.79 Å². The molecule has 0 unspecified atom stereocenters. The van der Waals surface area contributed by atoms with Crippen LogP contribution in [0, 0.1) is 5.41 Å². The summed E-state index contributed by atoms with van der Waals surface area (Å²) in [5, 5.41) is 20.9. The molecule has 1 fully saturated rings. The van der Waals surface area contributed by atoms with Gasteiger partial charge in [-0.2, -0.15) is 0 Å². The molecule has 1 aliphatic rings. The molecular weight excluding hydrogens is 300 g/mol. The van der Waals surface area contributed by atoms with E-state index in [-0.39, 0.29) is 5.41 Å². The maximum absolute atomic E-state index is 12.4. The second-order valence-corrected chi connectivity index (χ2v) is 7.65. The number of carbonyl (C=O) groups is 1. The van der Waals surface area contributed by atoms with E-state index >= 15 is 0 Å². The highest BCUT2D eigenvalue weighted by Gasteiger charge is 2.37. The molecule has 0 saturated carbocycles. The molecule has 1 aromatic carbocycles. The van der Waals surface area contributed by atoms with Gasteiger partial charge in [0.15, 0.2) is 6.10 Å². The molecule has 2 heterocycles. The number of thiazole rings is 1. The zero-order chi connectivity index (χ0) is 15.9.